The van der Waals surface area contributed by atoms with Gasteiger partial charge >= 0.3 is 0 Å². The van der Waals surface area contributed by atoms with Crippen LogP contribution in [0.5, 0.6) is 5.75 Å². The lowest BCUT2D eigenvalue weighted by Crippen LogP contribution is -2.21. The molecule has 0 aromatic carbocycles. The van der Waals surface area contributed by atoms with E-state index in [2.05, 4.69) is 20.5 Å². The predicted molar refractivity (Wildman–Crippen MR) is 79.6 cm³/mol. The average Bonchev–Trinajstić information content (AvgIpc) is 2.90. The minimum absolute atomic E-state index is 0.0327. The van der Waals surface area contributed by atoms with Gasteiger partial charge in [0.05, 0.1) is 0 Å². The monoisotopic (exact) mass is 304 g/mol. The van der Waals surface area contributed by atoms with Gasteiger partial charge in [0.1, 0.15) is 10.8 Å². The Morgan fingerprint density at radius 3 is 3.05 bits per heavy atom. The molecule has 0 bridgehead atoms. The average molecular weight is 304 g/mol. The Kier molecular flexibility index (Phi) is 4.10. The van der Waals surface area contributed by atoms with Crippen molar-refractivity contribution in [2.45, 2.75) is 32.6 Å². The number of nitrogens with one attached hydrogen (secondary N) is 1. The predicted octanol–water partition coefficient (Wildman–Crippen LogP) is 2.14. The molecule has 0 fully saturated rings. The number of aryl methyl sites for hydroxylation is 2. The van der Waals surface area contributed by atoms with E-state index < -0.39 is 0 Å². The zero-order chi connectivity index (χ0) is 14.7. The summed E-state index contributed by atoms with van der Waals surface area (Å²) in [5.41, 5.74) is 2.24. The van der Waals surface area contributed by atoms with Crippen molar-refractivity contribution < 1.29 is 9.53 Å². The third-order valence-corrected chi connectivity index (χ3v) is 4.08. The lowest BCUT2D eigenvalue weighted by atomic mass is 9.95. The molecule has 1 aliphatic carbocycles. The molecule has 3 rings (SSSR count). The minimum atomic E-state index is -0.229. The number of hydrogen-bond donors (Lipinski definition) is 1. The van der Waals surface area contributed by atoms with Crippen molar-refractivity contribution >= 4 is 22.4 Å². The van der Waals surface area contributed by atoms with E-state index in [0.717, 1.165) is 41.3 Å². The van der Waals surface area contributed by atoms with Crippen LogP contribution in [-0.2, 0) is 17.6 Å². The molecule has 1 aliphatic rings. The number of nitrogens with zero attached hydrogens (tertiary/aromatic N) is 3. The van der Waals surface area contributed by atoms with Gasteiger partial charge in [-0.2, -0.15) is 0 Å². The van der Waals surface area contributed by atoms with Crippen LogP contribution in [0.3, 0.4) is 0 Å². The molecule has 0 atom stereocenters. The Morgan fingerprint density at radius 1 is 1.38 bits per heavy atom. The van der Waals surface area contributed by atoms with Crippen LogP contribution in [0, 0.1) is 6.92 Å². The molecule has 1 amide bonds. The molecular weight excluding hydrogens is 288 g/mol. The fourth-order valence-electron chi connectivity index (χ4n) is 2.37. The molecule has 110 valence electrons. The number of amides is 1. The molecule has 0 saturated heterocycles. The van der Waals surface area contributed by atoms with Gasteiger partial charge in [-0.3, -0.25) is 15.1 Å². The Labute approximate surface area is 126 Å². The molecular formula is C14H16N4O2S. The highest BCUT2D eigenvalue weighted by Gasteiger charge is 2.16. The second kappa shape index (κ2) is 6.17. The first-order valence-electron chi connectivity index (χ1n) is 6.92. The third kappa shape index (κ3) is 3.36. The molecule has 2 aromatic heterocycles. The van der Waals surface area contributed by atoms with E-state index >= 15 is 0 Å². The van der Waals surface area contributed by atoms with Crippen LogP contribution in [-0.4, -0.2) is 27.7 Å². The van der Waals surface area contributed by atoms with Gasteiger partial charge in [0.2, 0.25) is 5.13 Å². The number of anilines is 1. The summed E-state index contributed by atoms with van der Waals surface area (Å²) in [5, 5.41) is 11.7. The number of carbonyl (C=O) groups excluding carboxylic acids is 1. The van der Waals surface area contributed by atoms with Crippen molar-refractivity contribution in [1.29, 1.82) is 0 Å². The summed E-state index contributed by atoms with van der Waals surface area (Å²) in [7, 11) is 0. The summed E-state index contributed by atoms with van der Waals surface area (Å²) in [4.78, 5) is 16.2. The van der Waals surface area contributed by atoms with Gasteiger partial charge in [-0.1, -0.05) is 11.3 Å². The maximum atomic E-state index is 11.9. The summed E-state index contributed by atoms with van der Waals surface area (Å²) in [6.07, 6.45) is 6.01. The van der Waals surface area contributed by atoms with Gasteiger partial charge in [0.25, 0.3) is 5.91 Å². The molecule has 0 spiro atoms. The number of aromatic nitrogens is 3. The number of ether oxygens (including phenoxy) is 1. The maximum Gasteiger partial charge on any atom is 0.264 e. The number of rotatable bonds is 4. The molecule has 0 radical (unpaired) electrons. The van der Waals surface area contributed by atoms with Crippen molar-refractivity contribution in [2.75, 3.05) is 11.9 Å². The van der Waals surface area contributed by atoms with E-state index in [1.54, 1.807) is 6.20 Å². The summed E-state index contributed by atoms with van der Waals surface area (Å²) in [6.45, 7) is 1.81. The van der Waals surface area contributed by atoms with Gasteiger partial charge in [-0.15, -0.1) is 10.2 Å². The summed E-state index contributed by atoms with van der Waals surface area (Å²) in [5.74, 6) is 0.538. The van der Waals surface area contributed by atoms with E-state index in [1.165, 1.54) is 17.8 Å². The number of pyridine rings is 1. The number of fused-ring (bicyclic) bond motifs is 1. The topological polar surface area (TPSA) is 77.0 Å². The molecule has 6 nitrogen and oxygen atoms in total. The first-order valence-corrected chi connectivity index (χ1v) is 7.73. The SMILES string of the molecule is Cc1nnc(NC(=O)COc2ccnc3c2CCCC3)s1. The Balaban J connectivity index is 1.61. The van der Waals surface area contributed by atoms with Gasteiger partial charge in [-0.05, 0) is 38.7 Å². The molecule has 0 saturated carbocycles. The second-order valence-electron chi connectivity index (χ2n) is 4.90. The summed E-state index contributed by atoms with van der Waals surface area (Å²) in [6, 6.07) is 1.83. The Bertz CT molecular complexity index is 656. The Morgan fingerprint density at radius 2 is 2.24 bits per heavy atom. The highest BCUT2D eigenvalue weighted by atomic mass is 32.1. The summed E-state index contributed by atoms with van der Waals surface area (Å²) >= 11 is 1.34. The van der Waals surface area contributed by atoms with Crippen LogP contribution in [0.4, 0.5) is 5.13 Å². The van der Waals surface area contributed by atoms with Crippen LogP contribution >= 0.6 is 11.3 Å². The molecule has 1 N–H and O–H groups in total. The largest absolute Gasteiger partial charge is 0.483 e. The molecule has 21 heavy (non-hydrogen) atoms. The van der Waals surface area contributed by atoms with Gasteiger partial charge < -0.3 is 4.74 Å². The smallest absolute Gasteiger partial charge is 0.264 e. The van der Waals surface area contributed by atoms with Crippen LogP contribution in [0.15, 0.2) is 12.3 Å². The van der Waals surface area contributed by atoms with E-state index in [0.29, 0.717) is 5.13 Å². The lowest BCUT2D eigenvalue weighted by Gasteiger charge is -2.18. The third-order valence-electron chi connectivity index (χ3n) is 3.32. The van der Waals surface area contributed by atoms with Gasteiger partial charge in [0.15, 0.2) is 6.61 Å². The van der Waals surface area contributed by atoms with Crippen LogP contribution in [0.25, 0.3) is 0 Å². The lowest BCUT2D eigenvalue weighted by molar-refractivity contribution is -0.118. The van der Waals surface area contributed by atoms with Crippen LogP contribution < -0.4 is 10.1 Å². The van der Waals surface area contributed by atoms with E-state index in [1.807, 2.05) is 13.0 Å². The Hall–Kier alpha value is -2.02. The molecule has 7 heteroatoms. The molecule has 2 heterocycles. The van der Waals surface area contributed by atoms with Crippen LogP contribution in [0.2, 0.25) is 0 Å². The fourth-order valence-corrected chi connectivity index (χ4v) is 2.98. The summed E-state index contributed by atoms with van der Waals surface area (Å²) < 4.78 is 5.65. The maximum absolute atomic E-state index is 11.9. The van der Waals surface area contributed by atoms with Crippen molar-refractivity contribution in [1.82, 2.24) is 15.2 Å². The van der Waals surface area contributed by atoms with Gasteiger partial charge in [0, 0.05) is 17.5 Å². The molecule has 2 aromatic rings. The van der Waals surface area contributed by atoms with Crippen molar-refractivity contribution in [3.05, 3.63) is 28.5 Å². The van der Waals surface area contributed by atoms with Gasteiger partial charge in [-0.25, -0.2) is 0 Å². The normalized spacial score (nSPS) is 13.6. The zero-order valence-electron chi connectivity index (χ0n) is 11.8. The standard InChI is InChI=1S/C14H16N4O2S/c1-9-17-18-14(21-9)16-13(19)8-20-12-6-7-15-11-5-3-2-4-10(11)12/h6-7H,2-5,8H2,1H3,(H,16,18,19). The fraction of sp³-hybridized carbons (Fsp3) is 0.429. The van der Waals surface area contributed by atoms with Crippen LogP contribution in [0.1, 0.15) is 29.1 Å². The highest BCUT2D eigenvalue weighted by Crippen LogP contribution is 2.27. The number of hydrogen-bond acceptors (Lipinski definition) is 6. The zero-order valence-corrected chi connectivity index (χ0v) is 12.6. The number of carbonyl (C=O) groups is 1. The highest BCUT2D eigenvalue weighted by molar-refractivity contribution is 7.15. The van der Waals surface area contributed by atoms with E-state index in [9.17, 15) is 4.79 Å². The van der Waals surface area contributed by atoms with Crippen molar-refractivity contribution in [2.24, 2.45) is 0 Å². The minimum Gasteiger partial charge on any atom is -0.483 e. The first kappa shape index (κ1) is 13.9. The molecule has 0 unspecified atom stereocenters. The molecule has 0 aliphatic heterocycles. The van der Waals surface area contributed by atoms with E-state index in [4.69, 9.17) is 4.74 Å². The quantitative estimate of drug-likeness (QED) is 0.936. The first-order chi connectivity index (χ1) is 10.2. The second-order valence-corrected chi connectivity index (χ2v) is 6.09. The van der Waals surface area contributed by atoms with Crippen molar-refractivity contribution in [3.8, 4) is 5.75 Å². The van der Waals surface area contributed by atoms with Crippen molar-refractivity contribution in [3.63, 3.8) is 0 Å². The van der Waals surface area contributed by atoms with E-state index in [-0.39, 0.29) is 12.5 Å².